The molecule has 1 aliphatic rings. The quantitative estimate of drug-likeness (QED) is 0.715. The van der Waals surface area contributed by atoms with E-state index < -0.39 is 10.0 Å². The molecule has 1 fully saturated rings. The first kappa shape index (κ1) is 19.5. The highest BCUT2D eigenvalue weighted by molar-refractivity contribution is 7.88. The van der Waals surface area contributed by atoms with Gasteiger partial charge in [-0.3, -0.25) is 4.79 Å². The van der Waals surface area contributed by atoms with E-state index in [1.54, 1.807) is 4.90 Å². The number of benzene rings is 1. The predicted octanol–water partition coefficient (Wildman–Crippen LogP) is 1.40. The molecule has 0 bridgehead atoms. The Kier molecular flexibility index (Phi) is 6.24. The maximum absolute atomic E-state index is 12.5. The van der Waals surface area contributed by atoms with Crippen molar-refractivity contribution in [2.24, 2.45) is 0 Å². The third-order valence-electron chi connectivity index (χ3n) is 4.66. The Hall–Kier alpha value is -1.86. The van der Waals surface area contributed by atoms with Crippen LogP contribution < -0.4 is 4.90 Å². The predicted molar refractivity (Wildman–Crippen MR) is 101 cm³/mol. The first-order valence-electron chi connectivity index (χ1n) is 8.39. The van der Waals surface area contributed by atoms with Gasteiger partial charge in [0.2, 0.25) is 15.9 Å². The standard InChI is InChI=1S/C18H27N3O3S/c1-5-9-21(25(4,23)24)14-18(22)20-12-10-19(11-13-20)17-8-6-7-15(2)16(17)3/h5-8H,1,9-14H2,2-4H3. The van der Waals surface area contributed by atoms with E-state index >= 15 is 0 Å². The second kappa shape index (κ2) is 8.01. The van der Waals surface area contributed by atoms with Crippen molar-refractivity contribution in [3.05, 3.63) is 42.0 Å². The van der Waals surface area contributed by atoms with E-state index in [1.807, 2.05) is 0 Å². The minimum absolute atomic E-state index is 0.131. The molecule has 7 heteroatoms. The van der Waals surface area contributed by atoms with Crippen LogP contribution in [0.5, 0.6) is 0 Å². The number of sulfonamides is 1. The molecular formula is C18H27N3O3S. The molecule has 138 valence electrons. The van der Waals surface area contributed by atoms with Gasteiger partial charge in [0.05, 0.1) is 12.8 Å². The number of rotatable bonds is 6. The average Bonchev–Trinajstić information content (AvgIpc) is 2.56. The molecule has 1 aliphatic heterocycles. The van der Waals surface area contributed by atoms with Gasteiger partial charge in [-0.25, -0.2) is 8.42 Å². The number of aryl methyl sites for hydroxylation is 1. The Morgan fingerprint density at radius 1 is 1.24 bits per heavy atom. The molecule has 1 heterocycles. The Bertz CT molecular complexity index is 738. The van der Waals surface area contributed by atoms with E-state index in [4.69, 9.17) is 0 Å². The molecular weight excluding hydrogens is 338 g/mol. The van der Waals surface area contributed by atoms with E-state index in [0.717, 1.165) is 23.7 Å². The lowest BCUT2D eigenvalue weighted by Crippen LogP contribution is -2.52. The molecule has 0 atom stereocenters. The van der Waals surface area contributed by atoms with Gasteiger partial charge < -0.3 is 9.80 Å². The summed E-state index contributed by atoms with van der Waals surface area (Å²) in [4.78, 5) is 16.5. The third-order valence-corrected chi connectivity index (χ3v) is 5.88. The van der Waals surface area contributed by atoms with Gasteiger partial charge in [0.15, 0.2) is 0 Å². The largest absolute Gasteiger partial charge is 0.368 e. The minimum Gasteiger partial charge on any atom is -0.368 e. The first-order chi connectivity index (χ1) is 11.7. The molecule has 0 aliphatic carbocycles. The molecule has 1 aromatic rings. The summed E-state index contributed by atoms with van der Waals surface area (Å²) in [7, 11) is -3.42. The van der Waals surface area contributed by atoms with Crippen LogP contribution in [0, 0.1) is 13.8 Å². The van der Waals surface area contributed by atoms with Crippen LogP contribution in [0.2, 0.25) is 0 Å². The zero-order chi connectivity index (χ0) is 18.6. The van der Waals surface area contributed by atoms with E-state index in [1.165, 1.54) is 22.9 Å². The zero-order valence-corrected chi connectivity index (χ0v) is 16.1. The van der Waals surface area contributed by atoms with E-state index in [-0.39, 0.29) is 19.0 Å². The van der Waals surface area contributed by atoms with E-state index in [0.29, 0.717) is 13.1 Å². The lowest BCUT2D eigenvalue weighted by molar-refractivity contribution is -0.131. The monoisotopic (exact) mass is 365 g/mol. The van der Waals surface area contributed by atoms with Crippen LogP contribution in [0.15, 0.2) is 30.9 Å². The number of hydrogen-bond acceptors (Lipinski definition) is 4. The molecule has 1 amide bonds. The topological polar surface area (TPSA) is 60.9 Å². The summed E-state index contributed by atoms with van der Waals surface area (Å²) in [6.45, 7) is 10.5. The molecule has 0 N–H and O–H groups in total. The van der Waals surface area contributed by atoms with Crippen molar-refractivity contribution < 1.29 is 13.2 Å². The highest BCUT2D eigenvalue weighted by Gasteiger charge is 2.26. The van der Waals surface area contributed by atoms with Crippen LogP contribution in [-0.2, 0) is 14.8 Å². The van der Waals surface area contributed by atoms with Gasteiger partial charge in [0, 0.05) is 38.4 Å². The van der Waals surface area contributed by atoms with Crippen LogP contribution in [0.3, 0.4) is 0 Å². The summed E-state index contributed by atoms with van der Waals surface area (Å²) < 4.78 is 24.6. The number of piperazine rings is 1. The smallest absolute Gasteiger partial charge is 0.238 e. The maximum atomic E-state index is 12.5. The highest BCUT2D eigenvalue weighted by Crippen LogP contribution is 2.23. The molecule has 2 rings (SSSR count). The summed E-state index contributed by atoms with van der Waals surface area (Å²) >= 11 is 0. The molecule has 6 nitrogen and oxygen atoms in total. The average molecular weight is 365 g/mol. The summed E-state index contributed by atoms with van der Waals surface area (Å²) in [5.74, 6) is -0.159. The van der Waals surface area contributed by atoms with Gasteiger partial charge in [0.25, 0.3) is 0 Å². The molecule has 25 heavy (non-hydrogen) atoms. The number of hydrogen-bond donors (Lipinski definition) is 0. The van der Waals surface area contributed by atoms with E-state index in [2.05, 4.69) is 43.5 Å². The second-order valence-corrected chi connectivity index (χ2v) is 8.41. The van der Waals surface area contributed by atoms with Crippen LogP contribution in [0.4, 0.5) is 5.69 Å². The van der Waals surface area contributed by atoms with Crippen LogP contribution in [-0.4, -0.2) is 69.1 Å². The molecule has 1 aromatic carbocycles. The van der Waals surface area contributed by atoms with Crippen molar-refractivity contribution in [2.45, 2.75) is 13.8 Å². The number of anilines is 1. The lowest BCUT2D eigenvalue weighted by atomic mass is 10.1. The van der Waals surface area contributed by atoms with E-state index in [9.17, 15) is 13.2 Å². The van der Waals surface area contributed by atoms with Crippen molar-refractivity contribution in [2.75, 3.05) is 50.4 Å². The Morgan fingerprint density at radius 2 is 1.88 bits per heavy atom. The SMILES string of the molecule is C=CCN(CC(=O)N1CCN(c2cccc(C)c2C)CC1)S(C)(=O)=O. The molecule has 0 saturated carbocycles. The number of amides is 1. The Morgan fingerprint density at radius 3 is 2.44 bits per heavy atom. The Balaban J connectivity index is 1.98. The van der Waals surface area contributed by atoms with Crippen molar-refractivity contribution in [1.82, 2.24) is 9.21 Å². The molecule has 0 spiro atoms. The third kappa shape index (κ3) is 4.83. The molecule has 0 radical (unpaired) electrons. The van der Waals surface area contributed by atoms with Crippen LogP contribution in [0.1, 0.15) is 11.1 Å². The fraction of sp³-hybridized carbons (Fsp3) is 0.500. The van der Waals surface area contributed by atoms with Crippen LogP contribution >= 0.6 is 0 Å². The van der Waals surface area contributed by atoms with Gasteiger partial charge in [-0.15, -0.1) is 6.58 Å². The molecule has 0 aromatic heterocycles. The minimum atomic E-state index is -3.42. The Labute approximate surface area is 150 Å². The fourth-order valence-corrected chi connectivity index (χ4v) is 3.71. The summed E-state index contributed by atoms with van der Waals surface area (Å²) in [6, 6.07) is 6.25. The van der Waals surface area contributed by atoms with Crippen molar-refractivity contribution in [3.63, 3.8) is 0 Å². The number of nitrogens with zero attached hydrogens (tertiary/aromatic N) is 3. The number of carbonyl (C=O) groups excluding carboxylic acids is 1. The zero-order valence-electron chi connectivity index (χ0n) is 15.2. The highest BCUT2D eigenvalue weighted by atomic mass is 32.2. The second-order valence-electron chi connectivity index (χ2n) is 6.43. The maximum Gasteiger partial charge on any atom is 0.238 e. The summed E-state index contributed by atoms with van der Waals surface area (Å²) in [5.41, 5.74) is 3.72. The van der Waals surface area contributed by atoms with Gasteiger partial charge in [-0.2, -0.15) is 4.31 Å². The van der Waals surface area contributed by atoms with Gasteiger partial charge >= 0.3 is 0 Å². The summed E-state index contributed by atoms with van der Waals surface area (Å²) in [5, 5.41) is 0. The molecule has 1 saturated heterocycles. The van der Waals surface area contributed by atoms with Gasteiger partial charge in [0.1, 0.15) is 0 Å². The first-order valence-corrected chi connectivity index (χ1v) is 10.2. The van der Waals surface area contributed by atoms with Gasteiger partial charge in [-0.05, 0) is 31.0 Å². The normalized spacial score (nSPS) is 15.5. The van der Waals surface area contributed by atoms with Gasteiger partial charge in [-0.1, -0.05) is 18.2 Å². The summed E-state index contributed by atoms with van der Waals surface area (Å²) in [6.07, 6.45) is 2.61. The van der Waals surface area contributed by atoms with Crippen molar-refractivity contribution in [1.29, 1.82) is 0 Å². The fourth-order valence-electron chi connectivity index (χ4n) is 2.99. The lowest BCUT2D eigenvalue weighted by Gasteiger charge is -2.37. The van der Waals surface area contributed by atoms with Crippen molar-refractivity contribution in [3.8, 4) is 0 Å². The number of carbonyl (C=O) groups is 1. The van der Waals surface area contributed by atoms with Crippen LogP contribution in [0.25, 0.3) is 0 Å². The van der Waals surface area contributed by atoms with Crippen molar-refractivity contribution >= 4 is 21.6 Å². The molecule has 0 unspecified atom stereocenters.